The minimum Gasteiger partial charge on any atom is -0.493 e. The van der Waals surface area contributed by atoms with Crippen molar-refractivity contribution < 1.29 is 24.2 Å². The van der Waals surface area contributed by atoms with E-state index in [2.05, 4.69) is 11.4 Å². The van der Waals surface area contributed by atoms with E-state index >= 15 is 0 Å². The molecule has 1 heterocycles. The van der Waals surface area contributed by atoms with Gasteiger partial charge in [0.15, 0.2) is 18.1 Å². The number of hydrogen-bond acceptors (Lipinski definition) is 7. The zero-order valence-electron chi connectivity index (χ0n) is 17.0. The van der Waals surface area contributed by atoms with Crippen molar-refractivity contribution in [3.05, 3.63) is 44.3 Å². The van der Waals surface area contributed by atoms with Crippen LogP contribution in [0.15, 0.2) is 17.7 Å². The molecular weight excluding hydrogens is 454 g/mol. The summed E-state index contributed by atoms with van der Waals surface area (Å²) < 4.78 is 10.3. The van der Waals surface area contributed by atoms with E-state index in [1.54, 1.807) is 0 Å². The van der Waals surface area contributed by atoms with Crippen LogP contribution in [0, 0.1) is 22.7 Å². The number of carbonyl (C=O) groups excluding carboxylic acids is 1. The number of carbonyl (C=O) groups is 2. The van der Waals surface area contributed by atoms with Crippen LogP contribution in [-0.2, 0) is 22.4 Å². The molecule has 0 aliphatic heterocycles. The topological polar surface area (TPSA) is 132 Å². The highest BCUT2D eigenvalue weighted by molar-refractivity contribution is 7.16. The summed E-state index contributed by atoms with van der Waals surface area (Å²) in [5.74, 6) is -1.63. The van der Waals surface area contributed by atoms with Gasteiger partial charge in [-0.15, -0.1) is 11.3 Å². The van der Waals surface area contributed by atoms with Crippen LogP contribution in [0.2, 0.25) is 5.02 Å². The average Bonchev–Trinajstić information content (AvgIpc) is 3.12. The first kappa shape index (κ1) is 23.1. The van der Waals surface area contributed by atoms with Gasteiger partial charge < -0.3 is 19.9 Å². The number of amides is 1. The molecule has 2 N–H and O–H groups in total. The fourth-order valence-corrected chi connectivity index (χ4v) is 4.86. The summed E-state index contributed by atoms with van der Waals surface area (Å²) in [5, 5.41) is 31.1. The molecule has 1 aliphatic carbocycles. The van der Waals surface area contributed by atoms with Crippen LogP contribution in [0.5, 0.6) is 11.5 Å². The molecule has 0 bridgehead atoms. The second-order valence-corrected chi connectivity index (χ2v) is 8.38. The number of thiophene rings is 1. The van der Waals surface area contributed by atoms with Crippen molar-refractivity contribution in [1.29, 1.82) is 10.5 Å². The number of methoxy groups -OCH3 is 1. The molecule has 0 saturated carbocycles. The molecule has 1 aromatic heterocycles. The molecule has 0 spiro atoms. The van der Waals surface area contributed by atoms with Gasteiger partial charge in [-0.3, -0.25) is 4.79 Å². The number of fused-ring (bicyclic) bond motifs is 1. The number of benzene rings is 1. The average molecular weight is 472 g/mol. The van der Waals surface area contributed by atoms with Crippen LogP contribution in [-0.4, -0.2) is 30.7 Å². The molecule has 3 rings (SSSR count). The van der Waals surface area contributed by atoms with Gasteiger partial charge >= 0.3 is 5.97 Å². The number of anilines is 1. The smallest absolute Gasteiger partial charge is 0.341 e. The van der Waals surface area contributed by atoms with E-state index < -0.39 is 18.5 Å². The van der Waals surface area contributed by atoms with E-state index in [0.29, 0.717) is 16.1 Å². The quantitative estimate of drug-likeness (QED) is 0.457. The van der Waals surface area contributed by atoms with Crippen LogP contribution in [0.4, 0.5) is 5.00 Å². The zero-order chi connectivity index (χ0) is 23.3. The molecule has 1 amide bonds. The molecule has 1 aromatic carbocycles. The van der Waals surface area contributed by atoms with Gasteiger partial charge in [-0.2, -0.15) is 10.5 Å². The number of carboxylic acids is 1. The third-order valence-corrected chi connectivity index (χ3v) is 6.27. The van der Waals surface area contributed by atoms with Crippen molar-refractivity contribution in [3.63, 3.8) is 0 Å². The lowest BCUT2D eigenvalue weighted by atomic mass is 9.96. The van der Waals surface area contributed by atoms with E-state index in [9.17, 15) is 20.1 Å². The highest BCUT2D eigenvalue weighted by Crippen LogP contribution is 2.39. The number of aliphatic carboxylic acids is 1. The van der Waals surface area contributed by atoms with Gasteiger partial charge in [-0.05, 0) is 55.0 Å². The van der Waals surface area contributed by atoms with Crippen LogP contribution < -0.4 is 14.8 Å². The Balaban J connectivity index is 1.88. The molecule has 0 saturated heterocycles. The number of halogens is 1. The standard InChI is InChI=1S/C22H18ClN3O5S/c1-30-17-8-12(7-16(23)20(17)31-11-19(27)28)6-13(9-24)21(29)26-22-15(10-25)14-4-2-3-5-18(14)32-22/h6-8H,2-5,11H2,1H3,(H,26,29)(H,27,28)/b13-6+. The molecule has 0 atom stereocenters. The molecule has 0 radical (unpaired) electrons. The Morgan fingerprint density at radius 1 is 1.31 bits per heavy atom. The fraction of sp³-hybridized carbons (Fsp3) is 0.273. The van der Waals surface area contributed by atoms with Gasteiger partial charge in [0.25, 0.3) is 5.91 Å². The first-order chi connectivity index (χ1) is 15.4. The molecule has 2 aromatic rings. The van der Waals surface area contributed by atoms with Crippen molar-refractivity contribution in [2.75, 3.05) is 19.0 Å². The highest BCUT2D eigenvalue weighted by atomic mass is 35.5. The molecule has 1 aliphatic rings. The Kier molecular flexibility index (Phi) is 7.37. The summed E-state index contributed by atoms with van der Waals surface area (Å²) >= 11 is 7.56. The van der Waals surface area contributed by atoms with Crippen LogP contribution in [0.3, 0.4) is 0 Å². The molecule has 10 heteroatoms. The Hall–Kier alpha value is -3.53. The predicted molar refractivity (Wildman–Crippen MR) is 119 cm³/mol. The number of carboxylic acid groups (broad SMARTS) is 1. The summed E-state index contributed by atoms with van der Waals surface area (Å²) in [4.78, 5) is 24.6. The molecular formula is C22H18ClN3O5S. The van der Waals surface area contributed by atoms with Crippen molar-refractivity contribution in [2.24, 2.45) is 0 Å². The highest BCUT2D eigenvalue weighted by Gasteiger charge is 2.23. The Labute approximate surface area is 193 Å². The molecule has 32 heavy (non-hydrogen) atoms. The summed E-state index contributed by atoms with van der Waals surface area (Å²) in [5.41, 5.74) is 1.62. The van der Waals surface area contributed by atoms with Gasteiger partial charge in [0.1, 0.15) is 22.7 Å². The van der Waals surface area contributed by atoms with E-state index in [-0.39, 0.29) is 22.1 Å². The predicted octanol–water partition coefficient (Wildman–Crippen LogP) is 4.17. The second kappa shape index (κ2) is 10.2. The first-order valence-electron chi connectivity index (χ1n) is 9.57. The van der Waals surface area contributed by atoms with E-state index in [1.165, 1.54) is 36.7 Å². The largest absolute Gasteiger partial charge is 0.493 e. The van der Waals surface area contributed by atoms with Crippen molar-refractivity contribution in [2.45, 2.75) is 25.7 Å². The van der Waals surface area contributed by atoms with Crippen molar-refractivity contribution >= 4 is 45.9 Å². The van der Waals surface area contributed by atoms with Gasteiger partial charge in [-0.1, -0.05) is 11.6 Å². The van der Waals surface area contributed by atoms with Crippen LogP contribution in [0.1, 0.15) is 34.4 Å². The first-order valence-corrected chi connectivity index (χ1v) is 10.8. The minimum atomic E-state index is -1.18. The maximum absolute atomic E-state index is 12.8. The molecule has 8 nitrogen and oxygen atoms in total. The van der Waals surface area contributed by atoms with Crippen LogP contribution >= 0.6 is 22.9 Å². The number of nitriles is 2. The number of rotatable bonds is 7. The monoisotopic (exact) mass is 471 g/mol. The molecule has 0 unspecified atom stereocenters. The SMILES string of the molecule is COc1cc(/C=C(\C#N)C(=O)Nc2sc3c(c2C#N)CCCC3)cc(Cl)c1OCC(=O)O. The third-order valence-electron chi connectivity index (χ3n) is 4.78. The fourth-order valence-electron chi connectivity index (χ4n) is 3.36. The Bertz CT molecular complexity index is 1190. The number of nitrogens with zero attached hydrogens (tertiary/aromatic N) is 2. The lowest BCUT2D eigenvalue weighted by molar-refractivity contribution is -0.139. The van der Waals surface area contributed by atoms with Crippen molar-refractivity contribution in [3.8, 4) is 23.6 Å². The van der Waals surface area contributed by atoms with Crippen molar-refractivity contribution in [1.82, 2.24) is 0 Å². The lowest BCUT2D eigenvalue weighted by Crippen LogP contribution is -2.13. The normalized spacial score (nSPS) is 12.8. The number of hydrogen-bond donors (Lipinski definition) is 2. The maximum atomic E-state index is 12.8. The maximum Gasteiger partial charge on any atom is 0.341 e. The summed E-state index contributed by atoms with van der Waals surface area (Å²) in [7, 11) is 1.35. The number of ether oxygens (including phenoxy) is 2. The third kappa shape index (κ3) is 5.02. The van der Waals surface area contributed by atoms with Gasteiger partial charge in [-0.25, -0.2) is 4.79 Å². The summed E-state index contributed by atoms with van der Waals surface area (Å²) in [6.45, 7) is -0.608. The zero-order valence-corrected chi connectivity index (χ0v) is 18.6. The van der Waals surface area contributed by atoms with Gasteiger partial charge in [0.2, 0.25) is 0 Å². The van der Waals surface area contributed by atoms with Gasteiger partial charge in [0, 0.05) is 4.88 Å². The lowest BCUT2D eigenvalue weighted by Gasteiger charge is -2.12. The number of aryl methyl sites for hydroxylation is 1. The van der Waals surface area contributed by atoms with E-state index in [0.717, 1.165) is 36.1 Å². The van der Waals surface area contributed by atoms with E-state index in [4.69, 9.17) is 26.2 Å². The molecule has 164 valence electrons. The number of nitrogens with one attached hydrogen (secondary N) is 1. The van der Waals surface area contributed by atoms with Gasteiger partial charge in [0.05, 0.1) is 17.7 Å². The Morgan fingerprint density at radius 3 is 2.72 bits per heavy atom. The van der Waals surface area contributed by atoms with E-state index in [1.807, 2.05) is 6.07 Å². The molecule has 0 fully saturated rings. The summed E-state index contributed by atoms with van der Waals surface area (Å²) in [6.07, 6.45) is 5.05. The Morgan fingerprint density at radius 2 is 2.06 bits per heavy atom. The minimum absolute atomic E-state index is 0.0412. The van der Waals surface area contributed by atoms with Crippen LogP contribution in [0.25, 0.3) is 6.08 Å². The summed E-state index contributed by atoms with van der Waals surface area (Å²) in [6, 6.07) is 6.92. The second-order valence-electron chi connectivity index (χ2n) is 6.87.